The van der Waals surface area contributed by atoms with Gasteiger partial charge >= 0.3 is 6.03 Å². The Morgan fingerprint density at radius 2 is 1.82 bits per heavy atom. The van der Waals surface area contributed by atoms with Crippen molar-refractivity contribution in [3.63, 3.8) is 0 Å². The molecule has 2 aromatic carbocycles. The van der Waals surface area contributed by atoms with Gasteiger partial charge in [0.2, 0.25) is 0 Å². The maximum absolute atomic E-state index is 13.1. The second kappa shape index (κ2) is 6.84. The van der Waals surface area contributed by atoms with E-state index in [9.17, 15) is 9.59 Å². The summed E-state index contributed by atoms with van der Waals surface area (Å²) in [5.74, 6) is 0.858. The molecule has 2 aliphatic heterocycles. The Balaban J connectivity index is 1.62. The van der Waals surface area contributed by atoms with Crippen LogP contribution in [0.1, 0.15) is 23.6 Å². The second-order valence-electron chi connectivity index (χ2n) is 6.72. The van der Waals surface area contributed by atoms with Crippen molar-refractivity contribution in [1.82, 2.24) is 10.2 Å². The lowest BCUT2D eigenvalue weighted by atomic mass is 9.91. The van der Waals surface area contributed by atoms with Gasteiger partial charge in [-0.25, -0.2) is 4.79 Å². The number of ether oxygens (including phenoxy) is 2. The summed E-state index contributed by atoms with van der Waals surface area (Å²) >= 11 is 3.48. The van der Waals surface area contributed by atoms with Gasteiger partial charge in [-0.3, -0.25) is 9.69 Å². The fraction of sp³-hybridized carbons (Fsp3) is 0.250. The number of hydrogen-bond acceptors (Lipinski definition) is 5. The van der Waals surface area contributed by atoms with Crippen molar-refractivity contribution in [2.45, 2.75) is 19.0 Å². The number of rotatable bonds is 3. The van der Waals surface area contributed by atoms with Crippen LogP contribution in [-0.2, 0) is 16.9 Å². The molecule has 1 atom stereocenters. The first-order valence-corrected chi connectivity index (χ1v) is 9.44. The number of carbonyl (C=O) groups excluding carboxylic acids is 2. The Kier molecular flexibility index (Phi) is 4.47. The van der Waals surface area contributed by atoms with Gasteiger partial charge in [-0.15, -0.1) is 0 Å². The molecule has 0 bridgehead atoms. The van der Waals surface area contributed by atoms with Crippen molar-refractivity contribution in [2.24, 2.45) is 0 Å². The minimum Gasteiger partial charge on any atom is -0.486 e. The molecule has 4 rings (SSSR count). The predicted octanol–water partition coefficient (Wildman–Crippen LogP) is 3.06. The lowest BCUT2D eigenvalue weighted by Gasteiger charge is -2.23. The quantitative estimate of drug-likeness (QED) is 0.738. The Bertz CT molecular complexity index is 1020. The van der Waals surface area contributed by atoms with Crippen LogP contribution in [0.15, 0.2) is 40.9 Å². The van der Waals surface area contributed by atoms with Crippen LogP contribution in [-0.4, -0.2) is 30.1 Å². The number of urea groups is 1. The lowest BCUT2D eigenvalue weighted by molar-refractivity contribution is -0.131. The SMILES string of the molecule is CC1(c2ccc(C#N)cc2)NC(=O)N(Cc2cc3c(cc2Br)OCCO3)C1=O. The van der Waals surface area contributed by atoms with Gasteiger partial charge in [0.15, 0.2) is 11.5 Å². The van der Waals surface area contributed by atoms with E-state index in [2.05, 4.69) is 21.2 Å². The first kappa shape index (κ1) is 18.3. The summed E-state index contributed by atoms with van der Waals surface area (Å²) in [6.45, 7) is 2.68. The molecule has 0 aliphatic carbocycles. The first-order chi connectivity index (χ1) is 13.4. The molecule has 28 heavy (non-hydrogen) atoms. The van der Waals surface area contributed by atoms with E-state index >= 15 is 0 Å². The van der Waals surface area contributed by atoms with Gasteiger partial charge in [-0.2, -0.15) is 5.26 Å². The number of nitrogens with one attached hydrogen (secondary N) is 1. The molecule has 7 nitrogen and oxygen atoms in total. The average molecular weight is 442 g/mol. The summed E-state index contributed by atoms with van der Waals surface area (Å²) in [5, 5.41) is 11.7. The normalized spacial score (nSPS) is 20.7. The summed E-state index contributed by atoms with van der Waals surface area (Å²) in [4.78, 5) is 26.8. The molecule has 2 aliphatic rings. The highest BCUT2D eigenvalue weighted by molar-refractivity contribution is 9.10. The van der Waals surface area contributed by atoms with Gasteiger partial charge in [-0.05, 0) is 42.3 Å². The van der Waals surface area contributed by atoms with Gasteiger partial charge in [0.25, 0.3) is 5.91 Å². The molecule has 1 saturated heterocycles. The number of benzene rings is 2. The van der Waals surface area contributed by atoms with Gasteiger partial charge in [0.05, 0.1) is 18.2 Å². The number of hydrogen-bond donors (Lipinski definition) is 1. The molecular formula is C20H16BrN3O4. The zero-order valence-corrected chi connectivity index (χ0v) is 16.6. The van der Waals surface area contributed by atoms with Crippen LogP contribution in [0.4, 0.5) is 4.79 Å². The largest absolute Gasteiger partial charge is 0.486 e. The zero-order valence-electron chi connectivity index (χ0n) is 15.0. The van der Waals surface area contributed by atoms with E-state index in [1.807, 2.05) is 6.07 Å². The van der Waals surface area contributed by atoms with Crippen molar-refractivity contribution < 1.29 is 19.1 Å². The first-order valence-electron chi connectivity index (χ1n) is 8.65. The molecule has 2 heterocycles. The van der Waals surface area contributed by atoms with Crippen molar-refractivity contribution in [3.05, 3.63) is 57.6 Å². The second-order valence-corrected chi connectivity index (χ2v) is 7.58. The van der Waals surface area contributed by atoms with Gasteiger partial charge in [0.1, 0.15) is 18.8 Å². The third-order valence-electron chi connectivity index (χ3n) is 4.91. The van der Waals surface area contributed by atoms with Crippen molar-refractivity contribution in [3.8, 4) is 17.6 Å². The fourth-order valence-corrected chi connectivity index (χ4v) is 3.76. The monoisotopic (exact) mass is 441 g/mol. The molecule has 0 aromatic heterocycles. The summed E-state index contributed by atoms with van der Waals surface area (Å²) in [7, 11) is 0. The number of nitrogens with zero attached hydrogens (tertiary/aromatic N) is 2. The Hall–Kier alpha value is -3.05. The predicted molar refractivity (Wildman–Crippen MR) is 103 cm³/mol. The molecule has 1 unspecified atom stereocenters. The number of halogens is 1. The van der Waals surface area contributed by atoms with E-state index in [4.69, 9.17) is 14.7 Å². The third kappa shape index (κ3) is 2.98. The molecule has 0 spiro atoms. The minimum absolute atomic E-state index is 0.0910. The molecule has 8 heteroatoms. The number of imide groups is 1. The lowest BCUT2D eigenvalue weighted by Crippen LogP contribution is -2.40. The van der Waals surface area contributed by atoms with Gasteiger partial charge in [-0.1, -0.05) is 28.1 Å². The van der Waals surface area contributed by atoms with E-state index in [1.165, 1.54) is 4.90 Å². The maximum Gasteiger partial charge on any atom is 0.325 e. The van der Waals surface area contributed by atoms with E-state index in [1.54, 1.807) is 43.3 Å². The van der Waals surface area contributed by atoms with Gasteiger partial charge < -0.3 is 14.8 Å². The van der Waals surface area contributed by atoms with Crippen LogP contribution >= 0.6 is 15.9 Å². The van der Waals surface area contributed by atoms with Crippen LogP contribution in [0, 0.1) is 11.3 Å². The molecule has 0 radical (unpaired) electrons. The minimum atomic E-state index is -1.19. The van der Waals surface area contributed by atoms with Crippen molar-refractivity contribution in [2.75, 3.05) is 13.2 Å². The van der Waals surface area contributed by atoms with E-state index in [-0.39, 0.29) is 12.5 Å². The van der Waals surface area contributed by atoms with Crippen LogP contribution in [0.3, 0.4) is 0 Å². The zero-order chi connectivity index (χ0) is 19.9. The Morgan fingerprint density at radius 3 is 2.46 bits per heavy atom. The van der Waals surface area contributed by atoms with E-state index in [0.29, 0.717) is 35.8 Å². The molecule has 0 saturated carbocycles. The number of amides is 3. The topological polar surface area (TPSA) is 91.7 Å². The highest BCUT2D eigenvalue weighted by Crippen LogP contribution is 2.37. The summed E-state index contributed by atoms with van der Waals surface area (Å²) in [6, 6.07) is 11.7. The van der Waals surface area contributed by atoms with Crippen LogP contribution < -0.4 is 14.8 Å². The van der Waals surface area contributed by atoms with Gasteiger partial charge in [0, 0.05) is 4.47 Å². The highest BCUT2D eigenvalue weighted by Gasteiger charge is 2.49. The highest BCUT2D eigenvalue weighted by atomic mass is 79.9. The molecule has 3 amide bonds. The third-order valence-corrected chi connectivity index (χ3v) is 5.64. The molecule has 2 aromatic rings. The molecular weight excluding hydrogens is 426 g/mol. The summed E-state index contributed by atoms with van der Waals surface area (Å²) in [5.41, 5.74) is 0.650. The van der Waals surface area contributed by atoms with Crippen molar-refractivity contribution >= 4 is 27.9 Å². The smallest absolute Gasteiger partial charge is 0.325 e. The number of carbonyl (C=O) groups is 2. The average Bonchev–Trinajstić information content (AvgIpc) is 2.92. The standard InChI is InChI=1S/C20H16BrN3O4/c1-20(14-4-2-12(10-22)3-5-14)18(25)24(19(26)23-20)11-13-8-16-17(9-15(13)21)28-7-6-27-16/h2-5,8-9H,6-7,11H2,1H3,(H,23,26). The van der Waals surface area contributed by atoms with E-state index in [0.717, 1.165) is 10.0 Å². The van der Waals surface area contributed by atoms with Crippen molar-refractivity contribution in [1.29, 1.82) is 5.26 Å². The van der Waals surface area contributed by atoms with Crippen LogP contribution in [0.2, 0.25) is 0 Å². The van der Waals surface area contributed by atoms with E-state index < -0.39 is 11.6 Å². The molecule has 1 fully saturated rings. The molecule has 142 valence electrons. The Labute approximate surface area is 170 Å². The summed E-state index contributed by atoms with van der Waals surface area (Å²) in [6.07, 6.45) is 0. The number of nitriles is 1. The van der Waals surface area contributed by atoms with Crippen LogP contribution in [0.25, 0.3) is 0 Å². The fourth-order valence-electron chi connectivity index (χ4n) is 3.31. The summed E-state index contributed by atoms with van der Waals surface area (Å²) < 4.78 is 11.9. The maximum atomic E-state index is 13.1. The number of fused-ring (bicyclic) bond motifs is 1. The molecule has 1 N–H and O–H groups in total. The Morgan fingerprint density at radius 1 is 1.18 bits per heavy atom. The van der Waals surface area contributed by atoms with Crippen LogP contribution in [0.5, 0.6) is 11.5 Å².